The molecule has 0 aliphatic carbocycles. The third-order valence-corrected chi connectivity index (χ3v) is 5.77. The molecule has 3 rings (SSSR count). The average molecular weight is 398 g/mol. The van der Waals surface area contributed by atoms with Crippen LogP contribution in [0.3, 0.4) is 0 Å². The Hall–Kier alpha value is -3.13. The van der Waals surface area contributed by atoms with E-state index in [1.807, 2.05) is 25.3 Å². The molecule has 0 radical (unpaired) electrons. The number of nitrogens with zero attached hydrogens (tertiary/aromatic N) is 1. The van der Waals surface area contributed by atoms with Gasteiger partial charge in [0.05, 0.1) is 0 Å². The van der Waals surface area contributed by atoms with Crippen molar-refractivity contribution in [3.63, 3.8) is 0 Å². The quantitative estimate of drug-likeness (QED) is 0.321. The lowest BCUT2D eigenvalue weighted by Crippen LogP contribution is -2.09. The van der Waals surface area contributed by atoms with E-state index in [1.165, 1.54) is 22.3 Å². The molecule has 0 aliphatic rings. The van der Waals surface area contributed by atoms with Gasteiger partial charge in [-0.25, -0.2) is 0 Å². The number of aliphatic hydroxyl groups is 1. The SMILES string of the molecule is C=C(O)c1cccc2cc(CC(/C(=C/CC)N=CC)c3cccc(C)c3C)ccc12. The van der Waals surface area contributed by atoms with Crippen LogP contribution < -0.4 is 0 Å². The summed E-state index contributed by atoms with van der Waals surface area (Å²) in [4.78, 5) is 4.75. The molecule has 1 atom stereocenters. The fourth-order valence-corrected chi connectivity index (χ4v) is 4.12. The van der Waals surface area contributed by atoms with Crippen molar-refractivity contribution in [3.8, 4) is 0 Å². The zero-order valence-corrected chi connectivity index (χ0v) is 18.4. The van der Waals surface area contributed by atoms with Crippen LogP contribution in [-0.2, 0) is 6.42 Å². The highest BCUT2D eigenvalue weighted by molar-refractivity contribution is 5.92. The summed E-state index contributed by atoms with van der Waals surface area (Å²) >= 11 is 0. The predicted octanol–water partition coefficient (Wildman–Crippen LogP) is 7.70. The second kappa shape index (κ2) is 9.58. The second-order valence-electron chi connectivity index (χ2n) is 7.78. The maximum Gasteiger partial charge on any atom is 0.116 e. The van der Waals surface area contributed by atoms with E-state index in [9.17, 15) is 5.11 Å². The maximum absolute atomic E-state index is 9.91. The number of hydrogen-bond donors (Lipinski definition) is 1. The van der Waals surface area contributed by atoms with Crippen LogP contribution in [0.4, 0.5) is 0 Å². The van der Waals surface area contributed by atoms with Crippen LogP contribution in [0.2, 0.25) is 0 Å². The smallest absolute Gasteiger partial charge is 0.116 e. The van der Waals surface area contributed by atoms with E-state index < -0.39 is 0 Å². The fraction of sp³-hybridized carbons (Fsp3) is 0.250. The normalized spacial score (nSPS) is 13.1. The number of aryl methyl sites for hydroxylation is 1. The van der Waals surface area contributed by atoms with Crippen LogP contribution >= 0.6 is 0 Å². The first kappa shape index (κ1) is 21.6. The Morgan fingerprint density at radius 1 is 1.10 bits per heavy atom. The number of allylic oxidation sites excluding steroid dienone is 2. The van der Waals surface area contributed by atoms with Crippen LogP contribution in [0.1, 0.15) is 54.0 Å². The van der Waals surface area contributed by atoms with Gasteiger partial charge in [0, 0.05) is 23.4 Å². The van der Waals surface area contributed by atoms with E-state index in [0.717, 1.165) is 34.9 Å². The summed E-state index contributed by atoms with van der Waals surface area (Å²) in [6.45, 7) is 12.2. The van der Waals surface area contributed by atoms with E-state index >= 15 is 0 Å². The Kier molecular flexibility index (Phi) is 6.89. The molecule has 154 valence electrons. The van der Waals surface area contributed by atoms with Gasteiger partial charge in [0.15, 0.2) is 0 Å². The zero-order valence-electron chi connectivity index (χ0n) is 18.4. The van der Waals surface area contributed by atoms with Crippen LogP contribution in [-0.4, -0.2) is 11.3 Å². The van der Waals surface area contributed by atoms with Crippen molar-refractivity contribution in [2.45, 2.75) is 46.5 Å². The Morgan fingerprint density at radius 3 is 2.57 bits per heavy atom. The van der Waals surface area contributed by atoms with E-state index in [2.05, 4.69) is 75.9 Å². The van der Waals surface area contributed by atoms with Crippen molar-refractivity contribution in [1.29, 1.82) is 0 Å². The van der Waals surface area contributed by atoms with Gasteiger partial charge >= 0.3 is 0 Å². The number of aliphatic hydroxyl groups excluding tert-OH is 1. The Balaban J connectivity index is 2.10. The van der Waals surface area contributed by atoms with Gasteiger partial charge in [-0.15, -0.1) is 0 Å². The molecule has 1 N–H and O–H groups in total. The summed E-state index contributed by atoms with van der Waals surface area (Å²) < 4.78 is 0. The molecule has 0 spiro atoms. The Morgan fingerprint density at radius 2 is 1.87 bits per heavy atom. The van der Waals surface area contributed by atoms with E-state index in [-0.39, 0.29) is 11.7 Å². The minimum atomic E-state index is 0.104. The molecular weight excluding hydrogens is 366 g/mol. The van der Waals surface area contributed by atoms with Crippen molar-refractivity contribution < 1.29 is 5.11 Å². The Bertz CT molecular complexity index is 1120. The average Bonchev–Trinajstić information content (AvgIpc) is 2.73. The van der Waals surface area contributed by atoms with E-state index in [1.54, 1.807) is 0 Å². The molecule has 0 aliphatic heterocycles. The van der Waals surface area contributed by atoms with Crippen LogP contribution in [0.5, 0.6) is 0 Å². The number of rotatable bonds is 7. The first-order valence-electron chi connectivity index (χ1n) is 10.6. The topological polar surface area (TPSA) is 32.6 Å². The second-order valence-corrected chi connectivity index (χ2v) is 7.78. The number of aliphatic imine (C=N–C) groups is 1. The molecule has 0 fully saturated rings. The number of benzene rings is 3. The van der Waals surface area contributed by atoms with Gasteiger partial charge in [-0.2, -0.15) is 0 Å². The lowest BCUT2D eigenvalue weighted by Gasteiger charge is -2.22. The highest BCUT2D eigenvalue weighted by Gasteiger charge is 2.20. The Labute approximate surface area is 180 Å². The molecule has 0 saturated carbocycles. The molecule has 3 aromatic carbocycles. The summed E-state index contributed by atoms with van der Waals surface area (Å²) in [5.74, 6) is 0.293. The molecule has 0 amide bonds. The van der Waals surface area contributed by atoms with Gasteiger partial charge in [0.1, 0.15) is 5.76 Å². The largest absolute Gasteiger partial charge is 0.508 e. The minimum absolute atomic E-state index is 0.104. The van der Waals surface area contributed by atoms with Crippen molar-refractivity contribution >= 4 is 22.7 Å². The number of fused-ring (bicyclic) bond motifs is 1. The summed E-state index contributed by atoms with van der Waals surface area (Å²) in [7, 11) is 0. The predicted molar refractivity (Wildman–Crippen MR) is 131 cm³/mol. The van der Waals surface area contributed by atoms with Crippen LogP contribution in [0.15, 0.2) is 77.9 Å². The molecule has 30 heavy (non-hydrogen) atoms. The van der Waals surface area contributed by atoms with Crippen LogP contribution in [0.25, 0.3) is 16.5 Å². The summed E-state index contributed by atoms with van der Waals surface area (Å²) in [6, 6.07) is 19.0. The zero-order chi connectivity index (χ0) is 21.7. The van der Waals surface area contributed by atoms with Crippen molar-refractivity contribution in [3.05, 3.63) is 101 Å². The molecule has 0 heterocycles. The van der Waals surface area contributed by atoms with E-state index in [4.69, 9.17) is 4.99 Å². The summed E-state index contributed by atoms with van der Waals surface area (Å²) in [5.41, 5.74) is 7.12. The highest BCUT2D eigenvalue weighted by Crippen LogP contribution is 2.34. The molecule has 2 nitrogen and oxygen atoms in total. The molecule has 0 saturated heterocycles. The van der Waals surface area contributed by atoms with E-state index in [0.29, 0.717) is 0 Å². The van der Waals surface area contributed by atoms with Crippen molar-refractivity contribution in [2.75, 3.05) is 0 Å². The van der Waals surface area contributed by atoms with Crippen molar-refractivity contribution in [2.24, 2.45) is 4.99 Å². The monoisotopic (exact) mass is 397 g/mol. The summed E-state index contributed by atoms with van der Waals surface area (Å²) in [5, 5.41) is 12.0. The summed E-state index contributed by atoms with van der Waals surface area (Å²) in [6.07, 6.45) is 5.95. The molecule has 2 heteroatoms. The first-order valence-corrected chi connectivity index (χ1v) is 10.6. The standard InChI is InChI=1S/C28H31NO/c1-6-10-28(29-7-2)27(24-13-8-11-19(3)20(24)4)18-22-15-16-26-23(17-22)12-9-14-25(26)21(5)30/h7-17,27,30H,5-6,18H2,1-4H3/b28-10-,29-7?. The molecule has 1 unspecified atom stereocenters. The van der Waals surface area contributed by atoms with Gasteiger partial charge in [0.25, 0.3) is 0 Å². The van der Waals surface area contributed by atoms with Gasteiger partial charge in [-0.05, 0) is 66.6 Å². The fourth-order valence-electron chi connectivity index (χ4n) is 4.12. The molecular formula is C28H31NO. The first-order chi connectivity index (χ1) is 14.5. The van der Waals surface area contributed by atoms with Crippen LogP contribution in [0, 0.1) is 13.8 Å². The minimum Gasteiger partial charge on any atom is -0.508 e. The lowest BCUT2D eigenvalue weighted by molar-refractivity contribution is 0.514. The van der Waals surface area contributed by atoms with Crippen molar-refractivity contribution in [1.82, 2.24) is 0 Å². The third-order valence-electron chi connectivity index (χ3n) is 5.77. The molecule has 3 aromatic rings. The van der Waals surface area contributed by atoms with Gasteiger partial charge in [0.2, 0.25) is 0 Å². The molecule has 0 aromatic heterocycles. The molecule has 0 bridgehead atoms. The highest BCUT2D eigenvalue weighted by atomic mass is 16.3. The van der Waals surface area contributed by atoms with Gasteiger partial charge < -0.3 is 5.11 Å². The third kappa shape index (κ3) is 4.54. The lowest BCUT2D eigenvalue weighted by atomic mass is 9.84. The van der Waals surface area contributed by atoms with Gasteiger partial charge in [-0.1, -0.05) is 74.2 Å². The van der Waals surface area contributed by atoms with Gasteiger partial charge in [-0.3, -0.25) is 4.99 Å². The number of hydrogen-bond acceptors (Lipinski definition) is 2. The maximum atomic E-state index is 9.91.